The zero-order chi connectivity index (χ0) is 15.0. The summed E-state index contributed by atoms with van der Waals surface area (Å²) < 4.78 is 0. The van der Waals surface area contributed by atoms with Crippen LogP contribution in [-0.2, 0) is 11.3 Å². The summed E-state index contributed by atoms with van der Waals surface area (Å²) in [5.74, 6) is 0.290. The lowest BCUT2D eigenvalue weighted by Gasteiger charge is -2.06. The molecule has 1 amide bonds. The number of hydrogen-bond donors (Lipinski definition) is 3. The lowest BCUT2D eigenvalue weighted by atomic mass is 10.1. The molecule has 0 saturated carbocycles. The Hall–Kier alpha value is -1.97. The fraction of sp³-hybridized carbons (Fsp3) is 0.438. The second kappa shape index (κ2) is 8.25. The normalized spacial score (nSPS) is 11.2. The Morgan fingerprint density at radius 2 is 2.00 bits per heavy atom. The summed E-state index contributed by atoms with van der Waals surface area (Å²) in [6.07, 6.45) is 6.37. The number of aromatic hydroxyl groups is 2. The number of allylic oxidation sites excluding steroid dienone is 2. The van der Waals surface area contributed by atoms with E-state index in [1.807, 2.05) is 6.08 Å². The van der Waals surface area contributed by atoms with E-state index in [1.165, 1.54) is 12.1 Å². The Labute approximate surface area is 120 Å². The van der Waals surface area contributed by atoms with Crippen molar-refractivity contribution >= 4 is 5.91 Å². The van der Waals surface area contributed by atoms with E-state index < -0.39 is 0 Å². The number of carbonyl (C=O) groups excluding carboxylic acids is 1. The van der Waals surface area contributed by atoms with Crippen LogP contribution in [0.15, 0.2) is 30.4 Å². The molecule has 0 heterocycles. The summed E-state index contributed by atoms with van der Waals surface area (Å²) >= 11 is 0. The first kappa shape index (κ1) is 16.1. The van der Waals surface area contributed by atoms with Crippen molar-refractivity contribution in [3.05, 3.63) is 35.9 Å². The van der Waals surface area contributed by atoms with Gasteiger partial charge in [0.25, 0.3) is 0 Å². The smallest absolute Gasteiger partial charge is 0.220 e. The van der Waals surface area contributed by atoms with Crippen molar-refractivity contribution in [2.45, 2.75) is 39.7 Å². The molecule has 4 heteroatoms. The molecule has 0 unspecified atom stereocenters. The average molecular weight is 277 g/mol. The predicted molar refractivity (Wildman–Crippen MR) is 79.4 cm³/mol. The highest BCUT2D eigenvalue weighted by Crippen LogP contribution is 2.24. The van der Waals surface area contributed by atoms with Crippen LogP contribution < -0.4 is 5.32 Å². The Morgan fingerprint density at radius 1 is 1.25 bits per heavy atom. The summed E-state index contributed by atoms with van der Waals surface area (Å²) in [5, 5.41) is 21.3. The van der Waals surface area contributed by atoms with Crippen LogP contribution in [-0.4, -0.2) is 16.1 Å². The van der Waals surface area contributed by atoms with Gasteiger partial charge < -0.3 is 15.5 Å². The third-order valence-corrected chi connectivity index (χ3v) is 2.84. The van der Waals surface area contributed by atoms with Crippen LogP contribution in [0.1, 0.15) is 38.7 Å². The largest absolute Gasteiger partial charge is 0.504 e. The molecule has 0 aliphatic carbocycles. The fourth-order valence-corrected chi connectivity index (χ4v) is 1.67. The van der Waals surface area contributed by atoms with Gasteiger partial charge in [0.15, 0.2) is 11.5 Å². The summed E-state index contributed by atoms with van der Waals surface area (Å²) in [4.78, 5) is 11.6. The van der Waals surface area contributed by atoms with Gasteiger partial charge in [-0.25, -0.2) is 0 Å². The SMILES string of the molecule is CC(C)C/C=C/CCC(=O)NCc1ccc(O)c(O)c1. The molecular weight excluding hydrogens is 254 g/mol. The summed E-state index contributed by atoms with van der Waals surface area (Å²) in [6.45, 7) is 4.66. The van der Waals surface area contributed by atoms with Crippen molar-refractivity contribution in [1.29, 1.82) is 0 Å². The molecule has 20 heavy (non-hydrogen) atoms. The third kappa shape index (κ3) is 6.27. The molecule has 1 aromatic carbocycles. The van der Waals surface area contributed by atoms with Gasteiger partial charge in [-0.1, -0.05) is 32.1 Å². The Morgan fingerprint density at radius 3 is 2.65 bits per heavy atom. The van der Waals surface area contributed by atoms with E-state index in [0.717, 1.165) is 18.4 Å². The molecule has 110 valence electrons. The van der Waals surface area contributed by atoms with E-state index >= 15 is 0 Å². The van der Waals surface area contributed by atoms with E-state index in [4.69, 9.17) is 0 Å². The molecule has 0 aromatic heterocycles. The molecule has 0 fully saturated rings. The number of benzene rings is 1. The Balaban J connectivity index is 2.26. The topological polar surface area (TPSA) is 69.6 Å². The minimum atomic E-state index is -0.173. The molecular formula is C16H23NO3. The predicted octanol–water partition coefficient (Wildman–Crippen LogP) is 3.10. The van der Waals surface area contributed by atoms with Crippen LogP contribution in [0.5, 0.6) is 11.5 Å². The first-order valence-electron chi connectivity index (χ1n) is 6.91. The number of amides is 1. The van der Waals surface area contributed by atoms with Crippen molar-refractivity contribution in [2.24, 2.45) is 5.92 Å². The molecule has 1 rings (SSSR count). The second-order valence-corrected chi connectivity index (χ2v) is 5.24. The highest BCUT2D eigenvalue weighted by molar-refractivity contribution is 5.76. The highest BCUT2D eigenvalue weighted by atomic mass is 16.3. The van der Waals surface area contributed by atoms with Crippen molar-refractivity contribution in [1.82, 2.24) is 5.32 Å². The number of nitrogens with one attached hydrogen (secondary N) is 1. The average Bonchev–Trinajstić information content (AvgIpc) is 2.39. The van der Waals surface area contributed by atoms with Crippen LogP contribution in [0.4, 0.5) is 0 Å². The van der Waals surface area contributed by atoms with E-state index in [0.29, 0.717) is 18.9 Å². The lowest BCUT2D eigenvalue weighted by molar-refractivity contribution is -0.121. The standard InChI is InChI=1S/C16H23NO3/c1-12(2)6-4-3-5-7-16(20)17-11-13-8-9-14(18)15(19)10-13/h3-4,8-10,12,18-19H,5-7,11H2,1-2H3,(H,17,20)/b4-3+. The van der Waals surface area contributed by atoms with Gasteiger partial charge >= 0.3 is 0 Å². The molecule has 0 spiro atoms. The molecule has 4 nitrogen and oxygen atoms in total. The summed E-state index contributed by atoms with van der Waals surface area (Å²) in [7, 11) is 0. The van der Waals surface area contributed by atoms with Gasteiger partial charge in [0.1, 0.15) is 0 Å². The number of hydrogen-bond acceptors (Lipinski definition) is 3. The molecule has 0 aliphatic heterocycles. The first-order valence-corrected chi connectivity index (χ1v) is 6.91. The van der Waals surface area contributed by atoms with Crippen LogP contribution in [0.3, 0.4) is 0 Å². The maximum atomic E-state index is 11.6. The van der Waals surface area contributed by atoms with Crippen LogP contribution in [0, 0.1) is 5.92 Å². The molecule has 0 saturated heterocycles. The first-order chi connectivity index (χ1) is 9.49. The van der Waals surface area contributed by atoms with E-state index in [2.05, 4.69) is 25.2 Å². The van der Waals surface area contributed by atoms with Gasteiger partial charge in [0, 0.05) is 13.0 Å². The molecule has 0 radical (unpaired) electrons. The van der Waals surface area contributed by atoms with Gasteiger partial charge in [-0.05, 0) is 36.5 Å². The zero-order valence-electron chi connectivity index (χ0n) is 12.1. The van der Waals surface area contributed by atoms with E-state index in [-0.39, 0.29) is 17.4 Å². The fourth-order valence-electron chi connectivity index (χ4n) is 1.67. The Kier molecular flexibility index (Phi) is 6.64. The van der Waals surface area contributed by atoms with Gasteiger partial charge in [-0.2, -0.15) is 0 Å². The van der Waals surface area contributed by atoms with Crippen molar-refractivity contribution in [3.63, 3.8) is 0 Å². The van der Waals surface area contributed by atoms with Crippen molar-refractivity contribution in [3.8, 4) is 11.5 Å². The second-order valence-electron chi connectivity index (χ2n) is 5.24. The quantitative estimate of drug-likeness (QED) is 0.530. The van der Waals surface area contributed by atoms with Crippen LogP contribution >= 0.6 is 0 Å². The van der Waals surface area contributed by atoms with E-state index in [9.17, 15) is 15.0 Å². The zero-order valence-corrected chi connectivity index (χ0v) is 12.1. The molecule has 0 bridgehead atoms. The summed E-state index contributed by atoms with van der Waals surface area (Å²) in [5.41, 5.74) is 0.754. The van der Waals surface area contributed by atoms with Crippen LogP contribution in [0.25, 0.3) is 0 Å². The Bertz CT molecular complexity index is 467. The minimum absolute atomic E-state index is 0.0215. The van der Waals surface area contributed by atoms with Crippen molar-refractivity contribution in [2.75, 3.05) is 0 Å². The molecule has 1 aromatic rings. The van der Waals surface area contributed by atoms with Crippen molar-refractivity contribution < 1.29 is 15.0 Å². The maximum absolute atomic E-state index is 11.6. The highest BCUT2D eigenvalue weighted by Gasteiger charge is 2.03. The molecule has 3 N–H and O–H groups in total. The van der Waals surface area contributed by atoms with Gasteiger partial charge in [0.2, 0.25) is 5.91 Å². The van der Waals surface area contributed by atoms with Gasteiger partial charge in [0.05, 0.1) is 0 Å². The van der Waals surface area contributed by atoms with Gasteiger partial charge in [-0.15, -0.1) is 0 Å². The number of phenolic OH excluding ortho intramolecular Hbond substituents is 2. The minimum Gasteiger partial charge on any atom is -0.504 e. The summed E-state index contributed by atoms with van der Waals surface area (Å²) in [6, 6.07) is 4.52. The third-order valence-electron chi connectivity index (χ3n) is 2.84. The van der Waals surface area contributed by atoms with E-state index in [1.54, 1.807) is 6.07 Å². The monoisotopic (exact) mass is 277 g/mol. The molecule has 0 aliphatic rings. The van der Waals surface area contributed by atoms with Crippen LogP contribution in [0.2, 0.25) is 0 Å². The van der Waals surface area contributed by atoms with Gasteiger partial charge in [-0.3, -0.25) is 4.79 Å². The maximum Gasteiger partial charge on any atom is 0.220 e. The number of phenols is 2. The lowest BCUT2D eigenvalue weighted by Crippen LogP contribution is -2.22. The molecule has 0 atom stereocenters. The number of carbonyl (C=O) groups is 1. The number of rotatable bonds is 7.